The average Bonchev–Trinajstić information content (AvgIpc) is 1.61. The summed E-state index contributed by atoms with van der Waals surface area (Å²) in [4.78, 5) is 2.29. The highest BCUT2D eigenvalue weighted by atomic mass is 32.2. The summed E-state index contributed by atoms with van der Waals surface area (Å²) in [6, 6.07) is 0. The van der Waals surface area contributed by atoms with E-state index >= 15 is 0 Å². The number of hydrogen-bond acceptors (Lipinski definition) is 2. The molecule has 1 aliphatic rings. The van der Waals surface area contributed by atoms with Crippen molar-refractivity contribution in [2.45, 2.75) is 12.3 Å². The fraction of sp³-hybridized carbons (Fsp3) is 1.00. The molecule has 0 radical (unpaired) electrons. The Morgan fingerprint density at radius 1 is 1.50 bits per heavy atom. The van der Waals surface area contributed by atoms with Gasteiger partial charge in [0, 0.05) is 0 Å². The minimum absolute atomic E-state index is 0.801. The predicted octanol–water partition coefficient (Wildman–Crippen LogP) is 1.26. The van der Waals surface area contributed by atoms with E-state index in [-0.39, 0.29) is 0 Å². The quantitative estimate of drug-likeness (QED) is 0.527. The molecule has 8 heavy (non-hydrogen) atoms. The summed E-state index contributed by atoms with van der Waals surface area (Å²) in [7, 11) is 4.29. The van der Waals surface area contributed by atoms with Gasteiger partial charge in [-0.2, -0.15) is 0 Å². The lowest BCUT2D eigenvalue weighted by Crippen LogP contribution is -2.39. The van der Waals surface area contributed by atoms with E-state index in [1.807, 2.05) is 11.8 Å². The minimum Gasteiger partial charge on any atom is -0.297 e. The second kappa shape index (κ2) is 2.28. The molecule has 48 valence electrons. The van der Waals surface area contributed by atoms with Gasteiger partial charge >= 0.3 is 0 Å². The van der Waals surface area contributed by atoms with Crippen LogP contribution in [0.4, 0.5) is 0 Å². The van der Waals surface area contributed by atoms with Crippen LogP contribution in [0.3, 0.4) is 0 Å². The highest BCUT2D eigenvalue weighted by Crippen LogP contribution is 2.34. The van der Waals surface area contributed by atoms with Crippen LogP contribution in [0.2, 0.25) is 0 Å². The lowest BCUT2D eigenvalue weighted by molar-refractivity contribution is 0.302. The molecule has 0 bridgehead atoms. The molecule has 0 unspecified atom stereocenters. The van der Waals surface area contributed by atoms with Gasteiger partial charge in [0.2, 0.25) is 0 Å². The van der Waals surface area contributed by atoms with Gasteiger partial charge in [0.25, 0.3) is 0 Å². The standard InChI is InChI=1S/C6H13NS/c1-5-4-8-6(5)7(2)3/h5-6H,4H2,1-3H3/t5-,6-/m0/s1. The zero-order valence-electron chi connectivity index (χ0n) is 5.72. The fourth-order valence-electron chi connectivity index (χ4n) is 1.03. The summed E-state index contributed by atoms with van der Waals surface area (Å²) in [5.41, 5.74) is 0. The Balaban J connectivity index is 2.26. The lowest BCUT2D eigenvalue weighted by Gasteiger charge is -2.37. The average molecular weight is 131 g/mol. The second-order valence-corrected chi connectivity index (χ2v) is 3.81. The monoisotopic (exact) mass is 131 g/mol. The van der Waals surface area contributed by atoms with E-state index in [9.17, 15) is 0 Å². The summed E-state index contributed by atoms with van der Waals surface area (Å²) >= 11 is 2.05. The van der Waals surface area contributed by atoms with Crippen LogP contribution >= 0.6 is 11.8 Å². The molecule has 1 nitrogen and oxygen atoms in total. The molecule has 1 aliphatic heterocycles. The third-order valence-corrected chi connectivity index (χ3v) is 3.47. The van der Waals surface area contributed by atoms with Gasteiger partial charge in [-0.15, -0.1) is 11.8 Å². The Hall–Kier alpha value is 0.310. The Morgan fingerprint density at radius 3 is 2.12 bits per heavy atom. The maximum Gasteiger partial charge on any atom is 0.0586 e. The van der Waals surface area contributed by atoms with Crippen molar-refractivity contribution in [2.75, 3.05) is 19.8 Å². The van der Waals surface area contributed by atoms with Gasteiger partial charge in [0.1, 0.15) is 0 Å². The van der Waals surface area contributed by atoms with Crippen LogP contribution in [-0.4, -0.2) is 30.1 Å². The van der Waals surface area contributed by atoms with Gasteiger partial charge in [-0.3, -0.25) is 4.90 Å². The second-order valence-electron chi connectivity index (χ2n) is 2.66. The van der Waals surface area contributed by atoms with Crippen LogP contribution in [0.15, 0.2) is 0 Å². The summed E-state index contributed by atoms with van der Waals surface area (Å²) in [6.45, 7) is 2.31. The molecule has 0 N–H and O–H groups in total. The fourth-order valence-corrected chi connectivity index (χ4v) is 2.08. The third kappa shape index (κ3) is 1.00. The van der Waals surface area contributed by atoms with Gasteiger partial charge < -0.3 is 0 Å². The van der Waals surface area contributed by atoms with Crippen molar-refractivity contribution in [1.29, 1.82) is 0 Å². The maximum atomic E-state index is 2.31. The molecule has 0 aromatic heterocycles. The van der Waals surface area contributed by atoms with E-state index < -0.39 is 0 Å². The highest BCUT2D eigenvalue weighted by Gasteiger charge is 2.28. The van der Waals surface area contributed by atoms with Crippen molar-refractivity contribution in [3.63, 3.8) is 0 Å². The molecule has 0 aromatic carbocycles. The SMILES string of the molecule is C[C@H]1CS[C@@H]1N(C)C. The molecule has 0 aliphatic carbocycles. The number of nitrogens with zero attached hydrogens (tertiary/aromatic N) is 1. The lowest BCUT2D eigenvalue weighted by atomic mass is 10.2. The Labute approximate surface area is 55.4 Å². The van der Waals surface area contributed by atoms with Gasteiger partial charge in [0.05, 0.1) is 5.37 Å². The van der Waals surface area contributed by atoms with Crippen molar-refractivity contribution in [3.05, 3.63) is 0 Å². The summed E-state index contributed by atoms with van der Waals surface area (Å²) in [5, 5.41) is 0.801. The zero-order valence-corrected chi connectivity index (χ0v) is 6.53. The first-order valence-corrected chi connectivity index (χ1v) is 4.04. The van der Waals surface area contributed by atoms with E-state index in [1.165, 1.54) is 5.75 Å². The van der Waals surface area contributed by atoms with E-state index in [4.69, 9.17) is 0 Å². The van der Waals surface area contributed by atoms with Gasteiger partial charge in [-0.25, -0.2) is 0 Å². The predicted molar refractivity (Wildman–Crippen MR) is 39.1 cm³/mol. The molecule has 1 rings (SSSR count). The Morgan fingerprint density at radius 2 is 2.12 bits per heavy atom. The Bertz CT molecular complexity index is 77.8. The molecule has 1 heterocycles. The summed E-state index contributed by atoms with van der Waals surface area (Å²) < 4.78 is 0. The molecule has 0 amide bonds. The first-order valence-electron chi connectivity index (χ1n) is 3.00. The highest BCUT2D eigenvalue weighted by molar-refractivity contribution is 8.01. The van der Waals surface area contributed by atoms with Gasteiger partial charge in [-0.1, -0.05) is 6.92 Å². The van der Waals surface area contributed by atoms with Crippen molar-refractivity contribution < 1.29 is 0 Å². The van der Waals surface area contributed by atoms with Crippen LogP contribution in [0.25, 0.3) is 0 Å². The number of thioether (sulfide) groups is 1. The topological polar surface area (TPSA) is 3.24 Å². The van der Waals surface area contributed by atoms with E-state index in [0.717, 1.165) is 11.3 Å². The number of rotatable bonds is 1. The molecule has 0 spiro atoms. The number of hydrogen-bond donors (Lipinski definition) is 0. The summed E-state index contributed by atoms with van der Waals surface area (Å²) in [5.74, 6) is 2.26. The molecule has 0 saturated carbocycles. The molecule has 2 heteroatoms. The van der Waals surface area contributed by atoms with Gasteiger partial charge in [-0.05, 0) is 25.8 Å². The maximum absolute atomic E-state index is 2.31. The van der Waals surface area contributed by atoms with Crippen molar-refractivity contribution in [1.82, 2.24) is 4.90 Å². The molecule has 2 atom stereocenters. The molecular formula is C6H13NS. The van der Waals surface area contributed by atoms with Crippen LogP contribution in [0, 0.1) is 5.92 Å². The van der Waals surface area contributed by atoms with Crippen molar-refractivity contribution >= 4 is 11.8 Å². The van der Waals surface area contributed by atoms with E-state index in [2.05, 4.69) is 25.9 Å². The van der Waals surface area contributed by atoms with Crippen LogP contribution in [-0.2, 0) is 0 Å². The zero-order chi connectivity index (χ0) is 6.15. The van der Waals surface area contributed by atoms with E-state index in [1.54, 1.807) is 0 Å². The van der Waals surface area contributed by atoms with Crippen LogP contribution in [0.1, 0.15) is 6.92 Å². The largest absolute Gasteiger partial charge is 0.297 e. The van der Waals surface area contributed by atoms with E-state index in [0.29, 0.717) is 0 Å². The summed E-state index contributed by atoms with van der Waals surface area (Å²) in [6.07, 6.45) is 0. The molecular weight excluding hydrogens is 118 g/mol. The van der Waals surface area contributed by atoms with Crippen molar-refractivity contribution in [2.24, 2.45) is 5.92 Å². The third-order valence-electron chi connectivity index (χ3n) is 1.53. The molecule has 1 saturated heterocycles. The smallest absolute Gasteiger partial charge is 0.0586 e. The Kier molecular flexibility index (Phi) is 1.83. The molecule has 1 fully saturated rings. The van der Waals surface area contributed by atoms with Crippen LogP contribution in [0.5, 0.6) is 0 Å². The first kappa shape index (κ1) is 6.43. The minimum atomic E-state index is 0.801. The van der Waals surface area contributed by atoms with Crippen molar-refractivity contribution in [3.8, 4) is 0 Å². The normalized spacial score (nSPS) is 37.5. The molecule has 0 aromatic rings. The first-order chi connectivity index (χ1) is 3.72. The van der Waals surface area contributed by atoms with Crippen LogP contribution < -0.4 is 0 Å². The van der Waals surface area contributed by atoms with Gasteiger partial charge in [0.15, 0.2) is 0 Å².